The van der Waals surface area contributed by atoms with Crippen molar-refractivity contribution in [3.05, 3.63) is 97.6 Å². The molecule has 0 aliphatic heterocycles. The van der Waals surface area contributed by atoms with Gasteiger partial charge in [0.05, 0.1) is 6.61 Å². The van der Waals surface area contributed by atoms with Gasteiger partial charge in [0.1, 0.15) is 5.75 Å². The molecule has 0 heterocycles. The summed E-state index contributed by atoms with van der Waals surface area (Å²) in [6.07, 6.45) is 3.87. The van der Waals surface area contributed by atoms with Gasteiger partial charge < -0.3 is 15.2 Å². The van der Waals surface area contributed by atoms with E-state index in [9.17, 15) is 9.59 Å². The van der Waals surface area contributed by atoms with Crippen molar-refractivity contribution in [1.29, 1.82) is 0 Å². The summed E-state index contributed by atoms with van der Waals surface area (Å²) in [5.41, 5.74) is 12.1. The Morgan fingerprint density at radius 2 is 1.44 bits per heavy atom. The SMILES string of the molecule is C=CC(=O)OCCCc1ccc(-c2ccc(-c3ccc(OC(=O)C=C)cc3)c(N)c2)cc1. The molecule has 0 atom stereocenters. The molecule has 0 aliphatic rings. The number of carbonyl (C=O) groups excluding carboxylic acids is 2. The van der Waals surface area contributed by atoms with Crippen LogP contribution in [0.15, 0.2) is 92.0 Å². The van der Waals surface area contributed by atoms with E-state index in [1.54, 1.807) is 12.1 Å². The lowest BCUT2D eigenvalue weighted by Crippen LogP contribution is -2.02. The molecule has 0 saturated heterocycles. The molecule has 5 nitrogen and oxygen atoms in total. The Morgan fingerprint density at radius 1 is 0.812 bits per heavy atom. The summed E-state index contributed by atoms with van der Waals surface area (Å²) in [5.74, 6) is -0.440. The summed E-state index contributed by atoms with van der Waals surface area (Å²) in [7, 11) is 0. The maximum Gasteiger partial charge on any atom is 0.335 e. The van der Waals surface area contributed by atoms with Crippen molar-refractivity contribution in [1.82, 2.24) is 0 Å². The molecule has 0 aliphatic carbocycles. The highest BCUT2D eigenvalue weighted by Gasteiger charge is 2.07. The lowest BCUT2D eigenvalue weighted by Gasteiger charge is -2.10. The second kappa shape index (κ2) is 10.8. The molecule has 0 amide bonds. The number of ether oxygens (including phenoxy) is 2. The Morgan fingerprint density at radius 3 is 2.06 bits per heavy atom. The first-order chi connectivity index (χ1) is 15.5. The van der Waals surface area contributed by atoms with E-state index in [-0.39, 0.29) is 0 Å². The number of esters is 2. The maximum atomic E-state index is 11.3. The Hall–Kier alpha value is -4.12. The van der Waals surface area contributed by atoms with Gasteiger partial charge in [-0.05, 0) is 53.3 Å². The van der Waals surface area contributed by atoms with Crippen molar-refractivity contribution in [2.75, 3.05) is 12.3 Å². The van der Waals surface area contributed by atoms with Gasteiger partial charge >= 0.3 is 11.9 Å². The fourth-order valence-corrected chi connectivity index (χ4v) is 3.24. The summed E-state index contributed by atoms with van der Waals surface area (Å²) >= 11 is 0. The molecule has 5 heteroatoms. The number of hydrogen-bond acceptors (Lipinski definition) is 5. The second-order valence-corrected chi connectivity index (χ2v) is 7.12. The molecule has 32 heavy (non-hydrogen) atoms. The van der Waals surface area contributed by atoms with Crippen LogP contribution in [0.25, 0.3) is 22.3 Å². The highest BCUT2D eigenvalue weighted by molar-refractivity contribution is 5.84. The number of hydrogen-bond donors (Lipinski definition) is 1. The van der Waals surface area contributed by atoms with Crippen LogP contribution in [-0.4, -0.2) is 18.5 Å². The van der Waals surface area contributed by atoms with E-state index in [4.69, 9.17) is 15.2 Å². The molecular weight excluding hydrogens is 402 g/mol. The fraction of sp³-hybridized carbons (Fsp3) is 0.111. The summed E-state index contributed by atoms with van der Waals surface area (Å²) < 4.78 is 10.1. The molecule has 0 bridgehead atoms. The molecule has 2 N–H and O–H groups in total. The molecule has 162 valence electrons. The summed E-state index contributed by atoms with van der Waals surface area (Å²) in [6.45, 7) is 7.14. The van der Waals surface area contributed by atoms with Gasteiger partial charge in [-0.2, -0.15) is 0 Å². The average molecular weight is 428 g/mol. The number of aryl methyl sites for hydroxylation is 1. The van der Waals surface area contributed by atoms with E-state index in [1.165, 1.54) is 11.6 Å². The van der Waals surface area contributed by atoms with Crippen LogP contribution in [0.2, 0.25) is 0 Å². The molecule has 0 fully saturated rings. The van der Waals surface area contributed by atoms with Crippen molar-refractivity contribution in [2.24, 2.45) is 0 Å². The first-order valence-corrected chi connectivity index (χ1v) is 10.2. The van der Waals surface area contributed by atoms with Crippen molar-refractivity contribution in [3.63, 3.8) is 0 Å². The van der Waals surface area contributed by atoms with E-state index < -0.39 is 11.9 Å². The lowest BCUT2D eigenvalue weighted by atomic mass is 9.97. The van der Waals surface area contributed by atoms with Crippen LogP contribution in [0.4, 0.5) is 5.69 Å². The molecule has 0 spiro atoms. The predicted molar refractivity (Wildman–Crippen MR) is 127 cm³/mol. The molecule has 0 saturated carbocycles. The predicted octanol–water partition coefficient (Wildman–Crippen LogP) is 5.36. The van der Waals surface area contributed by atoms with Crippen LogP contribution in [0.3, 0.4) is 0 Å². The van der Waals surface area contributed by atoms with Gasteiger partial charge in [0.15, 0.2) is 0 Å². The third-order valence-corrected chi connectivity index (χ3v) is 4.91. The molecule has 0 radical (unpaired) electrons. The van der Waals surface area contributed by atoms with E-state index in [2.05, 4.69) is 37.4 Å². The lowest BCUT2D eigenvalue weighted by molar-refractivity contribution is -0.137. The Balaban J connectivity index is 1.65. The van der Waals surface area contributed by atoms with Gasteiger partial charge in [0.25, 0.3) is 0 Å². The van der Waals surface area contributed by atoms with Gasteiger partial charge in [0.2, 0.25) is 0 Å². The van der Waals surface area contributed by atoms with Crippen LogP contribution < -0.4 is 10.5 Å². The average Bonchev–Trinajstić information content (AvgIpc) is 2.82. The quantitative estimate of drug-likeness (QED) is 0.164. The first kappa shape index (κ1) is 22.6. The van der Waals surface area contributed by atoms with Crippen LogP contribution in [-0.2, 0) is 20.7 Å². The summed E-state index contributed by atoms with van der Waals surface area (Å²) in [6, 6.07) is 21.4. The van der Waals surface area contributed by atoms with Crippen LogP contribution >= 0.6 is 0 Å². The summed E-state index contributed by atoms with van der Waals surface area (Å²) in [4.78, 5) is 22.4. The summed E-state index contributed by atoms with van der Waals surface area (Å²) in [5, 5.41) is 0. The molecular formula is C27H25NO4. The second-order valence-electron chi connectivity index (χ2n) is 7.12. The zero-order chi connectivity index (χ0) is 22.9. The van der Waals surface area contributed by atoms with E-state index in [0.29, 0.717) is 18.0 Å². The van der Waals surface area contributed by atoms with Gasteiger partial charge in [-0.25, -0.2) is 9.59 Å². The molecule has 0 aromatic heterocycles. The Kier molecular flexibility index (Phi) is 7.60. The number of anilines is 1. The number of nitrogens with two attached hydrogens (primary N) is 1. The molecule has 0 unspecified atom stereocenters. The van der Waals surface area contributed by atoms with Crippen LogP contribution in [0.5, 0.6) is 5.75 Å². The van der Waals surface area contributed by atoms with Gasteiger partial charge in [-0.3, -0.25) is 0 Å². The minimum atomic E-state index is -0.497. The normalized spacial score (nSPS) is 10.2. The number of nitrogen functional groups attached to an aromatic ring is 1. The van der Waals surface area contributed by atoms with Gasteiger partial charge in [-0.15, -0.1) is 0 Å². The van der Waals surface area contributed by atoms with Crippen LogP contribution in [0, 0.1) is 0 Å². The molecule has 3 aromatic rings. The van der Waals surface area contributed by atoms with Crippen molar-refractivity contribution >= 4 is 17.6 Å². The standard InChI is InChI=1S/C27H25NO4/c1-3-26(29)31-17-5-6-19-7-9-20(10-8-19)22-13-16-24(25(28)18-22)21-11-14-23(15-12-21)32-27(30)4-2/h3-4,7-16,18H,1-2,5-6,17,28H2. The Labute approximate surface area is 187 Å². The first-order valence-electron chi connectivity index (χ1n) is 10.2. The zero-order valence-corrected chi connectivity index (χ0v) is 17.8. The van der Waals surface area contributed by atoms with Crippen molar-refractivity contribution in [2.45, 2.75) is 12.8 Å². The largest absolute Gasteiger partial charge is 0.463 e. The fourth-order valence-electron chi connectivity index (χ4n) is 3.24. The maximum absolute atomic E-state index is 11.3. The zero-order valence-electron chi connectivity index (χ0n) is 17.8. The Bertz CT molecular complexity index is 1120. The topological polar surface area (TPSA) is 78.6 Å². The number of carbonyl (C=O) groups is 2. The van der Waals surface area contributed by atoms with Gasteiger partial charge in [0, 0.05) is 23.4 Å². The molecule has 3 aromatic carbocycles. The van der Waals surface area contributed by atoms with Crippen molar-refractivity contribution in [3.8, 4) is 28.0 Å². The van der Waals surface area contributed by atoms with Gasteiger partial charge in [-0.1, -0.05) is 61.7 Å². The number of rotatable bonds is 9. The van der Waals surface area contributed by atoms with Crippen LogP contribution in [0.1, 0.15) is 12.0 Å². The third-order valence-electron chi connectivity index (χ3n) is 4.91. The highest BCUT2D eigenvalue weighted by Crippen LogP contribution is 2.32. The smallest absolute Gasteiger partial charge is 0.335 e. The minimum absolute atomic E-state index is 0.377. The van der Waals surface area contributed by atoms with E-state index >= 15 is 0 Å². The van der Waals surface area contributed by atoms with E-state index in [1.807, 2.05) is 30.3 Å². The highest BCUT2D eigenvalue weighted by atomic mass is 16.5. The number of benzene rings is 3. The monoisotopic (exact) mass is 427 g/mol. The third kappa shape index (κ3) is 5.95. The van der Waals surface area contributed by atoms with E-state index in [0.717, 1.165) is 41.2 Å². The molecule has 3 rings (SSSR count). The van der Waals surface area contributed by atoms with Crippen molar-refractivity contribution < 1.29 is 19.1 Å². The minimum Gasteiger partial charge on any atom is -0.463 e.